The quantitative estimate of drug-likeness (QED) is 0.843. The maximum atomic E-state index is 8.94. The zero-order valence-corrected chi connectivity index (χ0v) is 12.8. The van der Waals surface area contributed by atoms with Crippen LogP contribution in [0.1, 0.15) is 19.4 Å². The van der Waals surface area contributed by atoms with E-state index in [0.717, 1.165) is 5.56 Å². The first-order chi connectivity index (χ1) is 10.6. The van der Waals surface area contributed by atoms with E-state index in [0.29, 0.717) is 6.61 Å². The molecule has 120 valence electrons. The summed E-state index contributed by atoms with van der Waals surface area (Å²) in [7, 11) is 0. The van der Waals surface area contributed by atoms with Gasteiger partial charge < -0.3 is 24.1 Å². The number of hydrogen-bond acceptors (Lipinski definition) is 5. The lowest BCUT2D eigenvalue weighted by molar-refractivity contribution is -0.231. The van der Waals surface area contributed by atoms with Gasteiger partial charge in [0.1, 0.15) is 18.3 Å². The Morgan fingerprint density at radius 1 is 1.18 bits per heavy atom. The minimum Gasteiger partial charge on any atom is -0.392 e. The Labute approximate surface area is 130 Å². The predicted molar refractivity (Wildman–Crippen MR) is 79.9 cm³/mol. The highest BCUT2D eigenvalue weighted by Crippen LogP contribution is 2.39. The van der Waals surface area contributed by atoms with Crippen LogP contribution in [0.25, 0.3) is 0 Å². The summed E-state index contributed by atoms with van der Waals surface area (Å²) in [5, 5.41) is 8.94. The average molecular weight is 306 g/mol. The molecule has 1 aromatic carbocycles. The topological polar surface area (TPSA) is 57.2 Å². The van der Waals surface area contributed by atoms with Gasteiger partial charge in [-0.3, -0.25) is 0 Å². The first kappa shape index (κ1) is 15.6. The monoisotopic (exact) mass is 306 g/mol. The van der Waals surface area contributed by atoms with Crippen molar-refractivity contribution in [1.82, 2.24) is 0 Å². The predicted octanol–water partition coefficient (Wildman–Crippen LogP) is 2.00. The highest BCUT2D eigenvalue weighted by atomic mass is 16.8. The molecule has 2 saturated heterocycles. The molecule has 0 aliphatic carbocycles. The molecule has 2 aliphatic heterocycles. The SMILES string of the molecule is CC1(C)OC2C(O1)[C@@H](/C=C\CO)O[C@@H]2OCc1ccccc1. The number of aliphatic hydroxyl groups excluding tert-OH is 1. The van der Waals surface area contributed by atoms with Crippen molar-refractivity contribution in [3.05, 3.63) is 48.0 Å². The van der Waals surface area contributed by atoms with Crippen molar-refractivity contribution >= 4 is 0 Å². The molecule has 0 bridgehead atoms. The molecular formula is C17H22O5. The number of rotatable bonds is 5. The van der Waals surface area contributed by atoms with Crippen molar-refractivity contribution in [1.29, 1.82) is 0 Å². The highest BCUT2D eigenvalue weighted by Gasteiger charge is 2.55. The summed E-state index contributed by atoms with van der Waals surface area (Å²) in [6.45, 7) is 4.19. The zero-order valence-electron chi connectivity index (χ0n) is 12.8. The van der Waals surface area contributed by atoms with Gasteiger partial charge in [0.15, 0.2) is 12.1 Å². The second-order valence-electron chi connectivity index (χ2n) is 5.94. The first-order valence-electron chi connectivity index (χ1n) is 7.53. The zero-order chi connectivity index (χ0) is 15.6. The van der Waals surface area contributed by atoms with Crippen LogP contribution in [0.5, 0.6) is 0 Å². The normalized spacial score (nSPS) is 33.4. The van der Waals surface area contributed by atoms with E-state index in [9.17, 15) is 0 Å². The van der Waals surface area contributed by atoms with Crippen LogP contribution in [-0.2, 0) is 25.6 Å². The van der Waals surface area contributed by atoms with E-state index in [1.54, 1.807) is 12.2 Å². The second-order valence-corrected chi connectivity index (χ2v) is 5.94. The third-order valence-corrected chi connectivity index (χ3v) is 3.74. The van der Waals surface area contributed by atoms with Gasteiger partial charge in [0.2, 0.25) is 0 Å². The smallest absolute Gasteiger partial charge is 0.187 e. The van der Waals surface area contributed by atoms with E-state index in [1.807, 2.05) is 44.2 Å². The van der Waals surface area contributed by atoms with E-state index in [2.05, 4.69) is 0 Å². The van der Waals surface area contributed by atoms with Gasteiger partial charge >= 0.3 is 0 Å². The third kappa shape index (κ3) is 3.39. The maximum Gasteiger partial charge on any atom is 0.187 e. The molecule has 1 aromatic rings. The maximum absolute atomic E-state index is 8.94. The largest absolute Gasteiger partial charge is 0.392 e. The van der Waals surface area contributed by atoms with Gasteiger partial charge in [-0.1, -0.05) is 42.5 Å². The Morgan fingerprint density at radius 2 is 1.91 bits per heavy atom. The van der Waals surface area contributed by atoms with Gasteiger partial charge in [-0.2, -0.15) is 0 Å². The van der Waals surface area contributed by atoms with Gasteiger partial charge in [0.25, 0.3) is 0 Å². The molecule has 2 heterocycles. The molecule has 22 heavy (non-hydrogen) atoms. The van der Waals surface area contributed by atoms with Gasteiger partial charge in [-0.05, 0) is 19.4 Å². The van der Waals surface area contributed by atoms with Gasteiger partial charge in [0.05, 0.1) is 13.2 Å². The molecular weight excluding hydrogens is 284 g/mol. The molecule has 2 aliphatic rings. The molecule has 0 saturated carbocycles. The fourth-order valence-electron chi connectivity index (χ4n) is 2.83. The highest BCUT2D eigenvalue weighted by molar-refractivity contribution is 5.13. The molecule has 5 nitrogen and oxygen atoms in total. The fourth-order valence-corrected chi connectivity index (χ4v) is 2.83. The molecule has 5 heteroatoms. The number of benzene rings is 1. The van der Waals surface area contributed by atoms with Crippen LogP contribution in [0, 0.1) is 0 Å². The Balaban J connectivity index is 1.67. The van der Waals surface area contributed by atoms with Crippen LogP contribution >= 0.6 is 0 Å². The second kappa shape index (κ2) is 6.48. The number of ether oxygens (including phenoxy) is 4. The summed E-state index contributed by atoms with van der Waals surface area (Å²) in [5.74, 6) is -0.654. The third-order valence-electron chi connectivity index (χ3n) is 3.74. The summed E-state index contributed by atoms with van der Waals surface area (Å²) in [6.07, 6.45) is 2.19. The molecule has 4 atom stereocenters. The first-order valence-corrected chi connectivity index (χ1v) is 7.53. The summed E-state index contributed by atoms with van der Waals surface area (Å²) in [4.78, 5) is 0. The fraction of sp³-hybridized carbons (Fsp3) is 0.529. The molecule has 2 unspecified atom stereocenters. The Kier molecular flexibility index (Phi) is 4.61. The van der Waals surface area contributed by atoms with E-state index in [-0.39, 0.29) is 24.9 Å². The number of aliphatic hydroxyl groups is 1. The summed E-state index contributed by atoms with van der Waals surface area (Å²) >= 11 is 0. The minimum absolute atomic E-state index is 0.0307. The Hall–Kier alpha value is -1.24. The van der Waals surface area contributed by atoms with Crippen LogP contribution in [0.4, 0.5) is 0 Å². The van der Waals surface area contributed by atoms with Crippen molar-refractivity contribution < 1.29 is 24.1 Å². The van der Waals surface area contributed by atoms with Crippen molar-refractivity contribution in [2.24, 2.45) is 0 Å². The lowest BCUT2D eigenvalue weighted by Gasteiger charge is -2.23. The van der Waals surface area contributed by atoms with Crippen molar-refractivity contribution in [2.75, 3.05) is 6.61 Å². The summed E-state index contributed by atoms with van der Waals surface area (Å²) in [6, 6.07) is 9.93. The van der Waals surface area contributed by atoms with Gasteiger partial charge in [-0.15, -0.1) is 0 Å². The van der Waals surface area contributed by atoms with Gasteiger partial charge in [0, 0.05) is 0 Å². The van der Waals surface area contributed by atoms with E-state index in [4.69, 9.17) is 24.1 Å². The minimum atomic E-state index is -0.654. The lowest BCUT2D eigenvalue weighted by Crippen LogP contribution is -2.31. The van der Waals surface area contributed by atoms with Crippen molar-refractivity contribution in [3.8, 4) is 0 Å². The standard InChI is InChI=1S/C17H22O5/c1-17(2)21-14-13(9-6-10-18)20-16(15(14)22-17)19-11-12-7-4-3-5-8-12/h3-9,13-16,18H,10-11H2,1-2H3/b9-6-/t13-,14?,15?,16+/m1/s1. The molecule has 0 radical (unpaired) electrons. The van der Waals surface area contributed by atoms with Crippen molar-refractivity contribution in [2.45, 2.75) is 50.8 Å². The van der Waals surface area contributed by atoms with Crippen LogP contribution in [-0.4, -0.2) is 42.1 Å². The number of hydrogen-bond donors (Lipinski definition) is 1. The molecule has 0 spiro atoms. The van der Waals surface area contributed by atoms with E-state index in [1.165, 1.54) is 0 Å². The van der Waals surface area contributed by atoms with Crippen LogP contribution < -0.4 is 0 Å². The Bertz CT molecular complexity index is 513. The van der Waals surface area contributed by atoms with Gasteiger partial charge in [-0.25, -0.2) is 0 Å². The summed E-state index contributed by atoms with van der Waals surface area (Å²) < 4.78 is 23.6. The van der Waals surface area contributed by atoms with Crippen molar-refractivity contribution in [3.63, 3.8) is 0 Å². The number of fused-ring (bicyclic) bond motifs is 1. The molecule has 0 amide bonds. The molecule has 2 fully saturated rings. The average Bonchev–Trinajstić information content (AvgIpc) is 2.98. The Morgan fingerprint density at radius 3 is 2.64 bits per heavy atom. The van der Waals surface area contributed by atoms with E-state index >= 15 is 0 Å². The van der Waals surface area contributed by atoms with E-state index < -0.39 is 12.1 Å². The summed E-state index contributed by atoms with van der Waals surface area (Å²) in [5.41, 5.74) is 1.08. The van der Waals surface area contributed by atoms with Crippen LogP contribution in [0.2, 0.25) is 0 Å². The molecule has 1 N–H and O–H groups in total. The van der Waals surface area contributed by atoms with Crippen LogP contribution in [0.15, 0.2) is 42.5 Å². The molecule has 0 aromatic heterocycles. The van der Waals surface area contributed by atoms with Crippen LogP contribution in [0.3, 0.4) is 0 Å². The lowest BCUT2D eigenvalue weighted by atomic mass is 10.1. The molecule has 3 rings (SSSR count).